The first-order valence-corrected chi connectivity index (χ1v) is 9.07. The van der Waals surface area contributed by atoms with Crippen LogP contribution in [0.15, 0.2) is 47.4 Å². The Morgan fingerprint density at radius 1 is 1.10 bits per heavy atom. The molecule has 21 heavy (non-hydrogen) atoms. The lowest BCUT2D eigenvalue weighted by atomic mass is 10.0. The minimum atomic E-state index is -3.38. The molecule has 3 nitrogen and oxygen atoms in total. The Morgan fingerprint density at radius 3 is 2.62 bits per heavy atom. The standard InChI is InChI=1S/C17H21NO2S/c1-2-16-9-5-6-12-18(16)21(19,20)17-11-10-14-7-3-4-8-15(14)13-17/h3-4,7-8,10-11,13,16H,2,5-6,9,12H2,1H3. The number of nitrogens with zero attached hydrogens (tertiary/aromatic N) is 1. The van der Waals surface area contributed by atoms with Gasteiger partial charge in [0.2, 0.25) is 10.0 Å². The zero-order valence-corrected chi connectivity index (χ0v) is 13.1. The molecule has 0 amide bonds. The van der Waals surface area contributed by atoms with Gasteiger partial charge < -0.3 is 0 Å². The van der Waals surface area contributed by atoms with Crippen LogP contribution in [0.2, 0.25) is 0 Å². The van der Waals surface area contributed by atoms with Crippen LogP contribution in [0.3, 0.4) is 0 Å². The van der Waals surface area contributed by atoms with E-state index in [-0.39, 0.29) is 6.04 Å². The second-order valence-electron chi connectivity index (χ2n) is 5.68. The molecule has 0 saturated carbocycles. The van der Waals surface area contributed by atoms with Crippen LogP contribution >= 0.6 is 0 Å². The first kappa shape index (κ1) is 14.5. The van der Waals surface area contributed by atoms with Crippen LogP contribution in [0.5, 0.6) is 0 Å². The molecule has 2 aromatic carbocycles. The van der Waals surface area contributed by atoms with E-state index in [4.69, 9.17) is 0 Å². The molecule has 1 aliphatic heterocycles. The van der Waals surface area contributed by atoms with Crippen molar-refractivity contribution in [3.63, 3.8) is 0 Å². The van der Waals surface area contributed by atoms with Gasteiger partial charge in [0.1, 0.15) is 0 Å². The average Bonchev–Trinajstić information content (AvgIpc) is 2.54. The van der Waals surface area contributed by atoms with Crippen LogP contribution in [0.25, 0.3) is 10.8 Å². The van der Waals surface area contributed by atoms with Gasteiger partial charge in [0.05, 0.1) is 4.90 Å². The zero-order chi connectivity index (χ0) is 14.9. The third kappa shape index (κ3) is 2.70. The fraction of sp³-hybridized carbons (Fsp3) is 0.412. The molecule has 1 saturated heterocycles. The Hall–Kier alpha value is -1.39. The van der Waals surface area contributed by atoms with Gasteiger partial charge in [-0.2, -0.15) is 4.31 Å². The van der Waals surface area contributed by atoms with Crippen molar-refractivity contribution in [2.75, 3.05) is 6.54 Å². The summed E-state index contributed by atoms with van der Waals surface area (Å²) in [4.78, 5) is 0.418. The first-order chi connectivity index (χ1) is 10.1. The number of benzene rings is 2. The highest BCUT2D eigenvalue weighted by Gasteiger charge is 2.32. The summed E-state index contributed by atoms with van der Waals surface area (Å²) in [6.45, 7) is 2.71. The van der Waals surface area contributed by atoms with Gasteiger partial charge >= 0.3 is 0 Å². The summed E-state index contributed by atoms with van der Waals surface area (Å²) in [6.07, 6.45) is 3.95. The van der Waals surface area contributed by atoms with E-state index in [2.05, 4.69) is 6.92 Å². The van der Waals surface area contributed by atoms with Crippen LogP contribution in [0.4, 0.5) is 0 Å². The lowest BCUT2D eigenvalue weighted by Crippen LogP contribution is -2.43. The quantitative estimate of drug-likeness (QED) is 0.865. The third-order valence-electron chi connectivity index (χ3n) is 4.37. The summed E-state index contributed by atoms with van der Waals surface area (Å²) in [5.41, 5.74) is 0. The van der Waals surface area contributed by atoms with Crippen LogP contribution in [-0.2, 0) is 10.0 Å². The molecule has 0 aliphatic carbocycles. The van der Waals surface area contributed by atoms with Crippen molar-refractivity contribution in [1.29, 1.82) is 0 Å². The van der Waals surface area contributed by atoms with Gasteiger partial charge in [0, 0.05) is 12.6 Å². The summed E-state index contributed by atoms with van der Waals surface area (Å²) in [5, 5.41) is 2.05. The lowest BCUT2D eigenvalue weighted by Gasteiger charge is -2.34. The van der Waals surface area contributed by atoms with Gasteiger partial charge in [0.15, 0.2) is 0 Å². The molecule has 3 rings (SSSR count). The van der Waals surface area contributed by atoms with Gasteiger partial charge in [0.25, 0.3) is 0 Å². The van der Waals surface area contributed by atoms with Crippen LogP contribution in [-0.4, -0.2) is 25.3 Å². The summed E-state index contributed by atoms with van der Waals surface area (Å²) in [5.74, 6) is 0. The van der Waals surface area contributed by atoms with E-state index in [1.165, 1.54) is 0 Å². The molecule has 2 aromatic rings. The van der Waals surface area contributed by atoms with Crippen molar-refractivity contribution in [2.24, 2.45) is 0 Å². The highest BCUT2D eigenvalue weighted by molar-refractivity contribution is 7.89. The molecule has 0 spiro atoms. The molecule has 4 heteroatoms. The number of sulfonamides is 1. The number of fused-ring (bicyclic) bond motifs is 1. The molecule has 0 bridgehead atoms. The number of piperidine rings is 1. The maximum Gasteiger partial charge on any atom is 0.243 e. The predicted octanol–water partition coefficient (Wildman–Crippen LogP) is 3.79. The monoisotopic (exact) mass is 303 g/mol. The van der Waals surface area contributed by atoms with Crippen molar-refractivity contribution >= 4 is 20.8 Å². The van der Waals surface area contributed by atoms with Gasteiger partial charge in [-0.3, -0.25) is 0 Å². The van der Waals surface area contributed by atoms with Crippen LogP contribution in [0, 0.1) is 0 Å². The molecule has 0 N–H and O–H groups in total. The highest BCUT2D eigenvalue weighted by Crippen LogP contribution is 2.28. The number of hydrogen-bond acceptors (Lipinski definition) is 2. The summed E-state index contributed by atoms with van der Waals surface area (Å²) < 4.78 is 27.6. The van der Waals surface area contributed by atoms with E-state index in [1.807, 2.05) is 30.3 Å². The normalized spacial score (nSPS) is 20.7. The summed E-state index contributed by atoms with van der Waals surface area (Å²) in [7, 11) is -3.38. The fourth-order valence-corrected chi connectivity index (χ4v) is 4.96. The molecule has 1 aliphatic rings. The maximum atomic E-state index is 12.9. The molecular formula is C17H21NO2S. The molecule has 112 valence electrons. The molecule has 1 atom stereocenters. The van der Waals surface area contributed by atoms with E-state index in [0.717, 1.165) is 36.5 Å². The van der Waals surface area contributed by atoms with Crippen molar-refractivity contribution in [3.8, 4) is 0 Å². The molecule has 1 fully saturated rings. The smallest absolute Gasteiger partial charge is 0.207 e. The van der Waals surface area contributed by atoms with Gasteiger partial charge in [-0.05, 0) is 42.2 Å². The zero-order valence-electron chi connectivity index (χ0n) is 12.3. The van der Waals surface area contributed by atoms with Crippen molar-refractivity contribution in [2.45, 2.75) is 43.5 Å². The van der Waals surface area contributed by atoms with Gasteiger partial charge in [-0.25, -0.2) is 8.42 Å². The van der Waals surface area contributed by atoms with E-state index in [9.17, 15) is 8.42 Å². The topological polar surface area (TPSA) is 37.4 Å². The second kappa shape index (κ2) is 5.78. The van der Waals surface area contributed by atoms with E-state index >= 15 is 0 Å². The van der Waals surface area contributed by atoms with Gasteiger partial charge in [-0.15, -0.1) is 0 Å². The van der Waals surface area contributed by atoms with E-state index in [0.29, 0.717) is 11.4 Å². The number of hydrogen-bond donors (Lipinski definition) is 0. The van der Waals surface area contributed by atoms with E-state index < -0.39 is 10.0 Å². The molecular weight excluding hydrogens is 282 g/mol. The first-order valence-electron chi connectivity index (χ1n) is 7.63. The summed E-state index contributed by atoms with van der Waals surface area (Å²) >= 11 is 0. The van der Waals surface area contributed by atoms with Gasteiger partial charge in [-0.1, -0.05) is 43.7 Å². The summed E-state index contributed by atoms with van der Waals surface area (Å²) in [6, 6.07) is 13.4. The van der Waals surface area contributed by atoms with Crippen molar-refractivity contribution < 1.29 is 8.42 Å². The van der Waals surface area contributed by atoms with Crippen LogP contribution in [0.1, 0.15) is 32.6 Å². The number of rotatable bonds is 3. The SMILES string of the molecule is CCC1CCCCN1S(=O)(=O)c1ccc2ccccc2c1. The Balaban J connectivity index is 2.02. The Morgan fingerprint density at radius 2 is 1.86 bits per heavy atom. The van der Waals surface area contributed by atoms with E-state index in [1.54, 1.807) is 16.4 Å². The Labute approximate surface area is 126 Å². The predicted molar refractivity (Wildman–Crippen MR) is 85.8 cm³/mol. The second-order valence-corrected chi connectivity index (χ2v) is 7.57. The molecule has 1 unspecified atom stereocenters. The third-order valence-corrected chi connectivity index (χ3v) is 6.32. The maximum absolute atomic E-state index is 12.9. The molecule has 0 aromatic heterocycles. The van der Waals surface area contributed by atoms with Crippen molar-refractivity contribution in [1.82, 2.24) is 4.31 Å². The minimum absolute atomic E-state index is 0.148. The Bertz CT molecular complexity index is 739. The Kier molecular flexibility index (Phi) is 4.00. The molecule has 0 radical (unpaired) electrons. The average molecular weight is 303 g/mol. The van der Waals surface area contributed by atoms with Crippen molar-refractivity contribution in [3.05, 3.63) is 42.5 Å². The van der Waals surface area contributed by atoms with Crippen LogP contribution < -0.4 is 0 Å². The minimum Gasteiger partial charge on any atom is -0.207 e. The lowest BCUT2D eigenvalue weighted by molar-refractivity contribution is 0.246. The fourth-order valence-electron chi connectivity index (χ4n) is 3.16. The molecule has 1 heterocycles. The highest BCUT2D eigenvalue weighted by atomic mass is 32.2. The largest absolute Gasteiger partial charge is 0.243 e.